The molecule has 0 N–H and O–H groups in total. The molecule has 0 aliphatic rings. The third-order valence-corrected chi connectivity index (χ3v) is 2.40. The van der Waals surface area contributed by atoms with Crippen LogP contribution in [0.3, 0.4) is 0 Å². The highest BCUT2D eigenvalue weighted by molar-refractivity contribution is 5.90. The normalized spacial score (nSPS) is 11.8. The maximum absolute atomic E-state index is 11.7. The monoisotopic (exact) mass is 288 g/mol. The van der Waals surface area contributed by atoms with Crippen molar-refractivity contribution < 1.29 is 19.1 Å². The van der Waals surface area contributed by atoms with Crippen molar-refractivity contribution in [3.63, 3.8) is 0 Å². The first-order valence-electron chi connectivity index (χ1n) is 6.58. The highest BCUT2D eigenvalue weighted by Gasteiger charge is 2.13. The van der Waals surface area contributed by atoms with E-state index in [2.05, 4.69) is 4.74 Å². The van der Waals surface area contributed by atoms with Crippen LogP contribution in [-0.4, -0.2) is 24.6 Å². The second-order valence-corrected chi connectivity index (χ2v) is 5.35. The number of rotatable bonds is 4. The van der Waals surface area contributed by atoms with E-state index in [0.29, 0.717) is 0 Å². The predicted molar refractivity (Wildman–Crippen MR) is 82.4 cm³/mol. The molecule has 112 valence electrons. The Morgan fingerprint density at radius 1 is 0.952 bits per heavy atom. The predicted octanol–water partition coefficient (Wildman–Crippen LogP) is 3.23. The lowest BCUT2D eigenvalue weighted by Crippen LogP contribution is -2.22. The Bertz CT molecular complexity index is 562. The van der Waals surface area contributed by atoms with E-state index < -0.39 is 17.5 Å². The van der Waals surface area contributed by atoms with Crippen LogP contribution in [0.4, 0.5) is 0 Å². The second-order valence-electron chi connectivity index (χ2n) is 5.35. The van der Waals surface area contributed by atoms with Gasteiger partial charge in [-0.15, -0.1) is 0 Å². The quantitative estimate of drug-likeness (QED) is 0.630. The van der Waals surface area contributed by atoms with E-state index in [-0.39, 0.29) is 0 Å². The molecule has 0 aliphatic carbocycles. The van der Waals surface area contributed by atoms with Gasteiger partial charge in [-0.2, -0.15) is 0 Å². The zero-order chi connectivity index (χ0) is 15.9. The van der Waals surface area contributed by atoms with Crippen molar-refractivity contribution in [1.29, 1.82) is 0 Å². The Balaban J connectivity index is 2.87. The molecule has 0 bridgehead atoms. The minimum atomic E-state index is -0.522. The number of hydrogen-bond donors (Lipinski definition) is 0. The number of carbonyl (C=O) groups is 2. The first kappa shape index (κ1) is 16.7. The van der Waals surface area contributed by atoms with Gasteiger partial charge in [0.25, 0.3) is 0 Å². The first-order valence-corrected chi connectivity index (χ1v) is 6.58. The fourth-order valence-corrected chi connectivity index (χ4v) is 1.53. The molecule has 0 aromatic heterocycles. The zero-order valence-corrected chi connectivity index (χ0v) is 12.8. The lowest BCUT2D eigenvalue weighted by atomic mass is 10.1. The van der Waals surface area contributed by atoms with E-state index in [1.54, 1.807) is 12.2 Å². The molecule has 0 radical (unpaired) electrons. The fourth-order valence-electron chi connectivity index (χ4n) is 1.53. The molecule has 1 aromatic rings. The summed E-state index contributed by atoms with van der Waals surface area (Å²) in [4.78, 5) is 22.8. The summed E-state index contributed by atoms with van der Waals surface area (Å²) in [5, 5.41) is 0. The summed E-state index contributed by atoms with van der Waals surface area (Å²) in [6.45, 7) is 5.43. The van der Waals surface area contributed by atoms with E-state index in [0.717, 1.165) is 11.1 Å². The van der Waals surface area contributed by atoms with E-state index in [1.165, 1.54) is 19.3 Å². The van der Waals surface area contributed by atoms with Crippen molar-refractivity contribution in [2.45, 2.75) is 26.4 Å². The first-order chi connectivity index (χ1) is 9.81. The van der Waals surface area contributed by atoms with Crippen LogP contribution >= 0.6 is 0 Å². The van der Waals surface area contributed by atoms with Crippen LogP contribution in [0, 0.1) is 0 Å². The molecule has 0 fully saturated rings. The van der Waals surface area contributed by atoms with Crippen LogP contribution in [0.2, 0.25) is 0 Å². The topological polar surface area (TPSA) is 52.6 Å². The van der Waals surface area contributed by atoms with E-state index in [1.807, 2.05) is 45.0 Å². The fraction of sp³-hybridized carbons (Fsp3) is 0.294. The van der Waals surface area contributed by atoms with E-state index in [4.69, 9.17) is 4.74 Å². The molecule has 1 rings (SSSR count). The number of esters is 2. The molecule has 4 heteroatoms. The van der Waals surface area contributed by atoms with Gasteiger partial charge < -0.3 is 9.47 Å². The van der Waals surface area contributed by atoms with Crippen molar-refractivity contribution in [1.82, 2.24) is 0 Å². The van der Waals surface area contributed by atoms with Gasteiger partial charge in [-0.1, -0.05) is 24.3 Å². The van der Waals surface area contributed by atoms with Crippen LogP contribution in [0.5, 0.6) is 0 Å². The minimum absolute atomic E-state index is 0.408. The van der Waals surface area contributed by atoms with Crippen molar-refractivity contribution in [2.75, 3.05) is 7.11 Å². The van der Waals surface area contributed by atoms with Gasteiger partial charge in [-0.25, -0.2) is 9.59 Å². The number of ether oxygens (including phenoxy) is 2. The van der Waals surface area contributed by atoms with Crippen LogP contribution in [0.15, 0.2) is 36.4 Å². The Labute approximate surface area is 125 Å². The van der Waals surface area contributed by atoms with Crippen LogP contribution in [0.25, 0.3) is 12.2 Å². The van der Waals surface area contributed by atoms with Gasteiger partial charge in [-0.3, -0.25) is 0 Å². The zero-order valence-electron chi connectivity index (χ0n) is 12.8. The van der Waals surface area contributed by atoms with Gasteiger partial charge in [0.1, 0.15) is 5.60 Å². The third kappa shape index (κ3) is 6.56. The molecule has 4 nitrogen and oxygen atoms in total. The molecule has 0 atom stereocenters. The molecule has 0 saturated carbocycles. The largest absolute Gasteiger partial charge is 0.466 e. The van der Waals surface area contributed by atoms with Gasteiger partial charge in [0, 0.05) is 12.2 Å². The van der Waals surface area contributed by atoms with Gasteiger partial charge in [0.15, 0.2) is 0 Å². The van der Waals surface area contributed by atoms with E-state index >= 15 is 0 Å². The number of methoxy groups -OCH3 is 1. The Morgan fingerprint density at radius 3 is 1.86 bits per heavy atom. The van der Waals surface area contributed by atoms with Crippen molar-refractivity contribution in [3.05, 3.63) is 47.5 Å². The van der Waals surface area contributed by atoms with Crippen molar-refractivity contribution in [3.8, 4) is 0 Å². The van der Waals surface area contributed by atoms with Crippen LogP contribution in [-0.2, 0) is 19.1 Å². The summed E-state index contributed by atoms with van der Waals surface area (Å²) >= 11 is 0. The van der Waals surface area contributed by atoms with Gasteiger partial charge in [-0.05, 0) is 44.1 Å². The maximum Gasteiger partial charge on any atom is 0.331 e. The Hall–Kier alpha value is -2.36. The smallest absolute Gasteiger partial charge is 0.331 e. The third-order valence-electron chi connectivity index (χ3n) is 2.40. The van der Waals surface area contributed by atoms with Crippen molar-refractivity contribution >= 4 is 24.1 Å². The molecule has 0 unspecified atom stereocenters. The number of hydrogen-bond acceptors (Lipinski definition) is 4. The summed E-state index contributed by atoms with van der Waals surface area (Å²) in [5.41, 5.74) is 1.09. The molecule has 0 spiro atoms. The molecule has 1 aromatic carbocycles. The second kappa shape index (κ2) is 7.43. The lowest BCUT2D eigenvalue weighted by molar-refractivity contribution is -0.148. The SMILES string of the molecule is COC(=O)/C=C/c1ccccc1/C=C/C(=O)OC(C)(C)C. The molecule has 0 saturated heterocycles. The standard InChI is InChI=1S/C17H20O4/c1-17(2,3)21-16(19)12-10-14-8-6-5-7-13(14)9-11-15(18)20-4/h5-12H,1-4H3/b11-9+,12-10+. The summed E-state index contributed by atoms with van der Waals surface area (Å²) in [6.07, 6.45) is 6.00. The minimum Gasteiger partial charge on any atom is -0.466 e. The number of benzene rings is 1. The Morgan fingerprint density at radius 2 is 1.43 bits per heavy atom. The summed E-state index contributed by atoms with van der Waals surface area (Å²) < 4.78 is 9.74. The lowest BCUT2D eigenvalue weighted by Gasteiger charge is -2.17. The summed E-state index contributed by atoms with van der Waals surface area (Å²) in [7, 11) is 1.32. The summed E-state index contributed by atoms with van der Waals surface area (Å²) in [6, 6.07) is 7.39. The Kier molecular flexibility index (Phi) is 5.91. The van der Waals surface area contributed by atoms with Crippen LogP contribution < -0.4 is 0 Å². The van der Waals surface area contributed by atoms with Gasteiger partial charge in [0.05, 0.1) is 7.11 Å². The molecule has 0 aliphatic heterocycles. The average Bonchev–Trinajstić information content (AvgIpc) is 2.41. The highest BCUT2D eigenvalue weighted by Crippen LogP contribution is 2.14. The molecule has 0 heterocycles. The highest BCUT2D eigenvalue weighted by atomic mass is 16.6. The van der Waals surface area contributed by atoms with Gasteiger partial charge >= 0.3 is 11.9 Å². The molecular weight excluding hydrogens is 268 g/mol. The number of carbonyl (C=O) groups excluding carboxylic acids is 2. The molecular formula is C17H20O4. The maximum atomic E-state index is 11.7. The molecule has 21 heavy (non-hydrogen) atoms. The summed E-state index contributed by atoms with van der Waals surface area (Å²) in [5.74, 6) is -0.838. The van der Waals surface area contributed by atoms with Crippen molar-refractivity contribution in [2.24, 2.45) is 0 Å². The van der Waals surface area contributed by atoms with E-state index in [9.17, 15) is 9.59 Å². The average molecular weight is 288 g/mol. The van der Waals surface area contributed by atoms with Gasteiger partial charge in [0.2, 0.25) is 0 Å². The van der Waals surface area contributed by atoms with Crippen LogP contribution in [0.1, 0.15) is 31.9 Å². The molecule has 0 amide bonds.